The fourth-order valence-electron chi connectivity index (χ4n) is 4.48. The van der Waals surface area contributed by atoms with E-state index in [0.717, 1.165) is 19.3 Å². The van der Waals surface area contributed by atoms with Crippen molar-refractivity contribution in [2.45, 2.75) is 50.0 Å². The quantitative estimate of drug-likeness (QED) is 0.647. The number of halogens is 1. The molecular weight excluding hydrogens is 413 g/mol. The first-order valence-electron chi connectivity index (χ1n) is 10.7. The van der Waals surface area contributed by atoms with E-state index >= 15 is 0 Å². The van der Waals surface area contributed by atoms with Crippen molar-refractivity contribution in [1.82, 2.24) is 25.1 Å². The van der Waals surface area contributed by atoms with Crippen LogP contribution in [0.3, 0.4) is 0 Å². The topological polar surface area (TPSA) is 102 Å². The number of phenolic OH excluding ortho intramolecular Hbond substituents is 1. The number of aromatic hydroxyl groups is 1. The number of ether oxygens (including phenoxy) is 1. The maximum Gasteiger partial charge on any atom is 0.253 e. The highest BCUT2D eigenvalue weighted by Crippen LogP contribution is 2.33. The molecule has 2 aliphatic rings. The lowest BCUT2D eigenvalue weighted by Gasteiger charge is -2.42. The van der Waals surface area contributed by atoms with Gasteiger partial charge >= 0.3 is 0 Å². The molecule has 0 aliphatic carbocycles. The summed E-state index contributed by atoms with van der Waals surface area (Å²) in [6, 6.07) is 9.84. The Morgan fingerprint density at radius 2 is 2.03 bits per heavy atom. The summed E-state index contributed by atoms with van der Waals surface area (Å²) in [5.74, 6) is 0.254. The number of piperidine rings is 2. The molecule has 0 spiro atoms. The van der Waals surface area contributed by atoms with E-state index in [1.54, 1.807) is 31.3 Å². The van der Waals surface area contributed by atoms with Gasteiger partial charge in [0.25, 0.3) is 5.56 Å². The van der Waals surface area contributed by atoms with E-state index in [2.05, 4.69) is 20.5 Å². The monoisotopic (exact) mass is 437 g/mol. The van der Waals surface area contributed by atoms with Crippen LogP contribution in [0.2, 0.25) is 0 Å². The van der Waals surface area contributed by atoms with Crippen LogP contribution in [-0.4, -0.2) is 49.2 Å². The molecule has 1 aromatic carbocycles. The van der Waals surface area contributed by atoms with E-state index < -0.39 is 12.3 Å². The van der Waals surface area contributed by atoms with Crippen molar-refractivity contribution in [2.75, 3.05) is 0 Å². The van der Waals surface area contributed by atoms with E-state index in [9.17, 15) is 14.3 Å². The van der Waals surface area contributed by atoms with Gasteiger partial charge in [-0.1, -0.05) is 12.5 Å². The number of hydrogen-bond acceptors (Lipinski definition) is 7. The Morgan fingerprint density at radius 1 is 1.16 bits per heavy atom. The molecule has 9 heteroatoms. The highest BCUT2D eigenvalue weighted by Gasteiger charge is 2.41. The lowest BCUT2D eigenvalue weighted by atomic mass is 9.84. The zero-order valence-electron chi connectivity index (χ0n) is 17.6. The van der Waals surface area contributed by atoms with E-state index in [1.165, 1.54) is 23.0 Å². The summed E-state index contributed by atoms with van der Waals surface area (Å²) in [6.45, 7) is 0. The van der Waals surface area contributed by atoms with Gasteiger partial charge in [-0.2, -0.15) is 0 Å². The molecule has 32 heavy (non-hydrogen) atoms. The highest BCUT2D eigenvalue weighted by atomic mass is 19.1. The SMILES string of the molecule is Cn1cnc(-c2ccc(-c3ccc(O[C@H]4C[C@@H]5CCC[C@@H](N5)[C@H]4F)nn3)c(O)c2)cc1=O. The minimum absolute atomic E-state index is 0.0112. The zero-order valence-corrected chi connectivity index (χ0v) is 17.6. The molecule has 4 heterocycles. The van der Waals surface area contributed by atoms with Gasteiger partial charge in [0.1, 0.15) is 11.9 Å². The molecule has 2 N–H and O–H groups in total. The van der Waals surface area contributed by atoms with E-state index in [4.69, 9.17) is 4.74 Å². The molecule has 0 radical (unpaired) electrons. The Balaban J connectivity index is 1.32. The van der Waals surface area contributed by atoms with Gasteiger partial charge in [-0.05, 0) is 31.0 Å². The van der Waals surface area contributed by atoms with Crippen molar-refractivity contribution in [3.05, 3.63) is 53.1 Å². The number of aromatic nitrogens is 4. The predicted molar refractivity (Wildman–Crippen MR) is 116 cm³/mol. The van der Waals surface area contributed by atoms with Crippen LogP contribution in [-0.2, 0) is 7.05 Å². The average molecular weight is 437 g/mol. The number of fused-ring (bicyclic) bond motifs is 2. The van der Waals surface area contributed by atoms with Crippen LogP contribution in [0.25, 0.3) is 22.5 Å². The number of hydrogen-bond donors (Lipinski definition) is 2. The lowest BCUT2D eigenvalue weighted by Crippen LogP contribution is -2.59. The first kappa shape index (κ1) is 20.6. The summed E-state index contributed by atoms with van der Waals surface area (Å²) in [5.41, 5.74) is 1.83. The molecule has 166 valence electrons. The van der Waals surface area contributed by atoms with Gasteiger partial charge in [-0.3, -0.25) is 4.79 Å². The van der Waals surface area contributed by atoms with Gasteiger partial charge in [-0.15, -0.1) is 10.2 Å². The molecule has 2 fully saturated rings. The maximum absolute atomic E-state index is 14.7. The third-order valence-corrected chi connectivity index (χ3v) is 6.23. The molecule has 3 aromatic rings. The summed E-state index contributed by atoms with van der Waals surface area (Å²) >= 11 is 0. The summed E-state index contributed by atoms with van der Waals surface area (Å²) < 4.78 is 21.9. The van der Waals surface area contributed by atoms with Crippen LogP contribution in [0.1, 0.15) is 25.7 Å². The van der Waals surface area contributed by atoms with Crippen LogP contribution >= 0.6 is 0 Å². The highest BCUT2D eigenvalue weighted by molar-refractivity contribution is 5.72. The number of aryl methyl sites for hydroxylation is 1. The fraction of sp³-hybridized carbons (Fsp3) is 0.391. The minimum atomic E-state index is -1.08. The van der Waals surface area contributed by atoms with E-state index in [-0.39, 0.29) is 29.3 Å². The molecule has 0 saturated carbocycles. The smallest absolute Gasteiger partial charge is 0.253 e. The first-order valence-corrected chi connectivity index (χ1v) is 10.7. The normalized spacial score (nSPS) is 24.8. The number of benzene rings is 1. The number of rotatable bonds is 4. The Bertz CT molecular complexity index is 1180. The zero-order chi connectivity index (χ0) is 22.2. The van der Waals surface area contributed by atoms with Crippen molar-refractivity contribution in [3.63, 3.8) is 0 Å². The van der Waals surface area contributed by atoms with Crippen LogP contribution in [0, 0.1) is 0 Å². The number of nitrogens with one attached hydrogen (secondary N) is 1. The second-order valence-electron chi connectivity index (χ2n) is 8.45. The van der Waals surface area contributed by atoms with Crippen LogP contribution in [0.15, 0.2) is 47.5 Å². The molecular formula is C23H24FN5O3. The summed E-state index contributed by atoms with van der Waals surface area (Å²) in [5, 5.41) is 22.1. The predicted octanol–water partition coefficient (Wildman–Crippen LogP) is 2.61. The summed E-state index contributed by atoms with van der Waals surface area (Å²) in [7, 11) is 1.62. The standard InChI is InChI=1S/C23H24FN5O3/c1-29-12-25-18(11-22(29)31)13-5-6-15(19(30)9-13)16-7-8-21(28-27-16)32-20-10-14-3-2-4-17(26-14)23(20)24/h5-9,11-12,14,17,20,23,26,30H,2-4,10H2,1H3/t14-,17+,20-,23+/m0/s1. The second kappa shape index (κ2) is 8.31. The largest absolute Gasteiger partial charge is 0.507 e. The van der Waals surface area contributed by atoms with Gasteiger partial charge in [0.2, 0.25) is 5.88 Å². The number of phenols is 1. The van der Waals surface area contributed by atoms with Gasteiger partial charge in [0.15, 0.2) is 6.17 Å². The van der Waals surface area contributed by atoms with Crippen molar-refractivity contribution in [2.24, 2.45) is 7.05 Å². The lowest BCUT2D eigenvalue weighted by molar-refractivity contribution is 0.00652. The molecule has 5 rings (SSSR count). The van der Waals surface area contributed by atoms with Crippen molar-refractivity contribution in [3.8, 4) is 34.1 Å². The second-order valence-corrected chi connectivity index (χ2v) is 8.45. The van der Waals surface area contributed by atoms with Gasteiger partial charge in [-0.25, -0.2) is 9.37 Å². The van der Waals surface area contributed by atoms with Crippen molar-refractivity contribution in [1.29, 1.82) is 0 Å². The van der Waals surface area contributed by atoms with Crippen molar-refractivity contribution < 1.29 is 14.2 Å². The van der Waals surface area contributed by atoms with Gasteiger partial charge in [0, 0.05) is 48.8 Å². The van der Waals surface area contributed by atoms with Crippen molar-refractivity contribution >= 4 is 0 Å². The van der Waals surface area contributed by atoms with Crippen LogP contribution < -0.4 is 15.6 Å². The maximum atomic E-state index is 14.7. The fourth-order valence-corrected chi connectivity index (χ4v) is 4.48. The molecule has 0 amide bonds. The molecule has 0 unspecified atom stereocenters. The molecule has 2 aliphatic heterocycles. The molecule has 2 aromatic heterocycles. The Kier molecular flexibility index (Phi) is 5.34. The molecule has 2 saturated heterocycles. The van der Waals surface area contributed by atoms with E-state index in [0.29, 0.717) is 28.9 Å². The number of nitrogens with zero attached hydrogens (tertiary/aromatic N) is 4. The van der Waals surface area contributed by atoms with Gasteiger partial charge < -0.3 is 19.7 Å². The summed E-state index contributed by atoms with van der Waals surface area (Å²) in [6.07, 6.45) is 3.34. The minimum Gasteiger partial charge on any atom is -0.507 e. The van der Waals surface area contributed by atoms with Crippen LogP contribution in [0.5, 0.6) is 11.6 Å². The average Bonchev–Trinajstić information content (AvgIpc) is 2.80. The third kappa shape index (κ3) is 3.95. The molecule has 4 atom stereocenters. The van der Waals surface area contributed by atoms with Gasteiger partial charge in [0.05, 0.1) is 17.7 Å². The summed E-state index contributed by atoms with van der Waals surface area (Å²) in [4.78, 5) is 16.1. The van der Waals surface area contributed by atoms with E-state index in [1.807, 2.05) is 0 Å². The molecule has 8 nitrogen and oxygen atoms in total. The Hall–Kier alpha value is -3.33. The Labute approximate surface area is 184 Å². The van der Waals surface area contributed by atoms with Crippen LogP contribution in [0.4, 0.5) is 4.39 Å². The molecule has 2 bridgehead atoms. The first-order chi connectivity index (χ1) is 15.5. The number of alkyl halides is 1. The Morgan fingerprint density at radius 3 is 2.78 bits per heavy atom. The third-order valence-electron chi connectivity index (χ3n) is 6.23.